The van der Waals surface area contributed by atoms with E-state index in [-0.39, 0.29) is 0 Å². The molecule has 0 bridgehead atoms. The lowest BCUT2D eigenvalue weighted by atomic mass is 9.88. The van der Waals surface area contributed by atoms with Crippen molar-refractivity contribution >= 4 is 0 Å². The number of benzene rings is 1. The van der Waals surface area contributed by atoms with Crippen LogP contribution in [0.3, 0.4) is 0 Å². The zero-order valence-corrected chi connectivity index (χ0v) is 13.8. The number of methoxy groups -OCH3 is 2. The molecule has 1 saturated carbocycles. The van der Waals surface area contributed by atoms with Gasteiger partial charge in [0.15, 0.2) is 0 Å². The third-order valence-corrected chi connectivity index (χ3v) is 4.42. The maximum absolute atomic E-state index is 5.41. The van der Waals surface area contributed by atoms with Crippen molar-refractivity contribution in [2.75, 3.05) is 27.3 Å². The van der Waals surface area contributed by atoms with E-state index in [2.05, 4.69) is 31.3 Å². The second kappa shape index (κ2) is 7.69. The topological polar surface area (TPSA) is 30.5 Å². The van der Waals surface area contributed by atoms with Crippen LogP contribution in [0.25, 0.3) is 0 Å². The Morgan fingerprint density at radius 2 is 1.76 bits per heavy atom. The van der Waals surface area contributed by atoms with Crippen LogP contribution in [-0.2, 0) is 0 Å². The van der Waals surface area contributed by atoms with Crippen LogP contribution in [0.4, 0.5) is 0 Å². The van der Waals surface area contributed by atoms with Gasteiger partial charge in [-0.2, -0.15) is 0 Å². The largest absolute Gasteiger partial charge is 0.497 e. The van der Waals surface area contributed by atoms with Crippen LogP contribution in [0, 0.1) is 11.8 Å². The molecule has 3 nitrogen and oxygen atoms in total. The fraction of sp³-hybridized carbons (Fsp3) is 0.667. The third-order valence-electron chi connectivity index (χ3n) is 4.42. The second-order valence-corrected chi connectivity index (χ2v) is 6.50. The molecule has 118 valence electrons. The Labute approximate surface area is 129 Å². The summed E-state index contributed by atoms with van der Waals surface area (Å²) in [7, 11) is 3.43. The van der Waals surface area contributed by atoms with Crippen molar-refractivity contribution in [3.05, 3.63) is 23.8 Å². The minimum absolute atomic E-state index is 0.619. The van der Waals surface area contributed by atoms with Crippen LogP contribution in [0.2, 0.25) is 0 Å². The molecule has 0 amide bonds. The van der Waals surface area contributed by atoms with E-state index in [1.807, 2.05) is 6.07 Å². The first kappa shape index (κ1) is 16.2. The lowest BCUT2D eigenvalue weighted by Crippen LogP contribution is -2.27. The number of rotatable bonds is 7. The predicted octanol–water partition coefficient (Wildman–Crippen LogP) is 3.83. The average Bonchev–Trinajstić information content (AvgIpc) is 2.94. The van der Waals surface area contributed by atoms with Crippen molar-refractivity contribution in [3.8, 4) is 11.5 Å². The van der Waals surface area contributed by atoms with E-state index in [9.17, 15) is 0 Å². The summed E-state index contributed by atoms with van der Waals surface area (Å²) in [6.07, 6.45) is 3.90. The molecule has 1 aromatic carbocycles. The molecule has 2 atom stereocenters. The molecule has 3 heteroatoms. The Hall–Kier alpha value is -1.22. The lowest BCUT2D eigenvalue weighted by molar-refractivity contribution is 0.388. The van der Waals surface area contributed by atoms with Crippen LogP contribution in [0.1, 0.15) is 44.6 Å². The van der Waals surface area contributed by atoms with E-state index in [0.29, 0.717) is 11.8 Å². The van der Waals surface area contributed by atoms with Crippen LogP contribution >= 0.6 is 0 Å². The highest BCUT2D eigenvalue weighted by Gasteiger charge is 2.29. The van der Waals surface area contributed by atoms with Crippen LogP contribution < -0.4 is 14.8 Å². The first-order valence-electron chi connectivity index (χ1n) is 8.07. The van der Waals surface area contributed by atoms with E-state index in [1.165, 1.54) is 24.8 Å². The van der Waals surface area contributed by atoms with E-state index < -0.39 is 0 Å². The van der Waals surface area contributed by atoms with Gasteiger partial charge in [-0.15, -0.1) is 0 Å². The molecule has 1 N–H and O–H groups in total. The molecule has 0 saturated heterocycles. The van der Waals surface area contributed by atoms with Crippen LogP contribution in [-0.4, -0.2) is 27.3 Å². The van der Waals surface area contributed by atoms with Crippen molar-refractivity contribution in [3.63, 3.8) is 0 Å². The lowest BCUT2D eigenvalue weighted by Gasteiger charge is -2.22. The minimum atomic E-state index is 0.619. The average molecular weight is 291 g/mol. The monoisotopic (exact) mass is 291 g/mol. The summed E-state index contributed by atoms with van der Waals surface area (Å²) in [5.74, 6) is 3.84. The van der Waals surface area contributed by atoms with Crippen LogP contribution in [0.15, 0.2) is 18.2 Å². The van der Waals surface area contributed by atoms with E-state index >= 15 is 0 Å². The molecule has 0 aromatic heterocycles. The molecule has 1 aromatic rings. The van der Waals surface area contributed by atoms with Gasteiger partial charge < -0.3 is 14.8 Å². The van der Waals surface area contributed by atoms with Gasteiger partial charge in [-0.3, -0.25) is 0 Å². The predicted molar refractivity (Wildman–Crippen MR) is 87.3 cm³/mol. The van der Waals surface area contributed by atoms with E-state index in [1.54, 1.807) is 14.2 Å². The Balaban J connectivity index is 2.08. The minimum Gasteiger partial charge on any atom is -0.497 e. The summed E-state index contributed by atoms with van der Waals surface area (Å²) in [5, 5.41) is 3.62. The SMILES string of the molecule is COc1cc(OC)cc(C2CCCC2CNCC(C)C)c1. The maximum Gasteiger partial charge on any atom is 0.122 e. The Kier molecular flexibility index (Phi) is 5.92. The van der Waals surface area contributed by atoms with Crippen molar-refractivity contribution in [2.24, 2.45) is 11.8 Å². The zero-order valence-electron chi connectivity index (χ0n) is 13.8. The van der Waals surface area contributed by atoms with Gasteiger partial charge in [-0.25, -0.2) is 0 Å². The first-order chi connectivity index (χ1) is 10.1. The summed E-state index contributed by atoms with van der Waals surface area (Å²) in [6.45, 7) is 6.73. The fourth-order valence-corrected chi connectivity index (χ4v) is 3.32. The molecule has 1 aliphatic carbocycles. The molecule has 0 spiro atoms. The number of nitrogens with one attached hydrogen (secondary N) is 1. The summed E-state index contributed by atoms with van der Waals surface area (Å²) < 4.78 is 10.8. The zero-order chi connectivity index (χ0) is 15.2. The first-order valence-corrected chi connectivity index (χ1v) is 8.07. The van der Waals surface area contributed by atoms with Crippen molar-refractivity contribution in [1.82, 2.24) is 5.32 Å². The normalized spacial score (nSPS) is 21.8. The third kappa shape index (κ3) is 4.37. The van der Waals surface area contributed by atoms with Crippen molar-refractivity contribution in [1.29, 1.82) is 0 Å². The smallest absolute Gasteiger partial charge is 0.122 e. The molecular weight excluding hydrogens is 262 g/mol. The highest BCUT2D eigenvalue weighted by molar-refractivity contribution is 5.40. The Morgan fingerprint density at radius 3 is 2.33 bits per heavy atom. The van der Waals surface area contributed by atoms with Gasteiger partial charge in [0, 0.05) is 6.07 Å². The quantitative estimate of drug-likeness (QED) is 0.828. The number of hydrogen-bond acceptors (Lipinski definition) is 3. The van der Waals surface area contributed by atoms with Crippen molar-refractivity contribution in [2.45, 2.75) is 39.0 Å². The van der Waals surface area contributed by atoms with Crippen LogP contribution in [0.5, 0.6) is 11.5 Å². The summed E-state index contributed by atoms with van der Waals surface area (Å²) in [6, 6.07) is 6.30. The van der Waals surface area contributed by atoms with Gasteiger partial charge in [-0.05, 0) is 61.4 Å². The fourth-order valence-electron chi connectivity index (χ4n) is 3.32. The molecular formula is C18H29NO2. The molecule has 2 rings (SSSR count). The summed E-state index contributed by atoms with van der Waals surface area (Å²) >= 11 is 0. The summed E-state index contributed by atoms with van der Waals surface area (Å²) in [5.41, 5.74) is 1.36. The van der Waals surface area contributed by atoms with E-state index in [4.69, 9.17) is 9.47 Å². The molecule has 1 aliphatic rings. The molecule has 0 heterocycles. The molecule has 1 fully saturated rings. The molecule has 2 unspecified atom stereocenters. The summed E-state index contributed by atoms with van der Waals surface area (Å²) in [4.78, 5) is 0. The van der Waals surface area contributed by atoms with Gasteiger partial charge in [0.05, 0.1) is 14.2 Å². The van der Waals surface area contributed by atoms with E-state index in [0.717, 1.165) is 30.5 Å². The van der Waals surface area contributed by atoms with Gasteiger partial charge in [0.2, 0.25) is 0 Å². The highest BCUT2D eigenvalue weighted by atomic mass is 16.5. The van der Waals surface area contributed by atoms with Gasteiger partial charge >= 0.3 is 0 Å². The standard InChI is InChI=1S/C18H29NO2/c1-13(2)11-19-12-14-6-5-7-18(14)15-8-16(20-3)10-17(9-15)21-4/h8-10,13-14,18-19H,5-7,11-12H2,1-4H3. The highest BCUT2D eigenvalue weighted by Crippen LogP contribution is 2.41. The Morgan fingerprint density at radius 1 is 1.10 bits per heavy atom. The van der Waals surface area contributed by atoms with Gasteiger partial charge in [0.25, 0.3) is 0 Å². The maximum atomic E-state index is 5.41. The number of hydrogen-bond donors (Lipinski definition) is 1. The molecule has 0 radical (unpaired) electrons. The molecule has 21 heavy (non-hydrogen) atoms. The Bertz CT molecular complexity index is 423. The van der Waals surface area contributed by atoms with Crippen molar-refractivity contribution < 1.29 is 9.47 Å². The molecule has 0 aliphatic heterocycles. The van der Waals surface area contributed by atoms with Gasteiger partial charge in [0.1, 0.15) is 11.5 Å². The van der Waals surface area contributed by atoms with Gasteiger partial charge in [-0.1, -0.05) is 20.3 Å². The second-order valence-electron chi connectivity index (χ2n) is 6.50. The number of ether oxygens (including phenoxy) is 2.